The predicted octanol–water partition coefficient (Wildman–Crippen LogP) is 4.09. The molecule has 5 nitrogen and oxygen atoms in total. The molecule has 27 heavy (non-hydrogen) atoms. The third-order valence-corrected chi connectivity index (χ3v) is 3.77. The second-order valence-corrected chi connectivity index (χ2v) is 6.51. The van der Waals surface area contributed by atoms with Crippen LogP contribution < -0.4 is 15.4 Å². The minimum atomic E-state index is 0. The van der Waals surface area contributed by atoms with Gasteiger partial charge in [0, 0.05) is 31.0 Å². The number of benzene rings is 1. The van der Waals surface area contributed by atoms with Crippen molar-refractivity contribution in [2.45, 2.75) is 46.8 Å². The zero-order valence-corrected chi connectivity index (χ0v) is 19.0. The first-order valence-corrected chi connectivity index (χ1v) is 9.25. The van der Waals surface area contributed by atoms with Crippen LogP contribution in [0.5, 0.6) is 5.75 Å². The zero-order valence-electron chi connectivity index (χ0n) is 16.7. The van der Waals surface area contributed by atoms with E-state index < -0.39 is 0 Å². The van der Waals surface area contributed by atoms with Crippen molar-refractivity contribution in [3.05, 3.63) is 59.4 Å². The molecule has 0 fully saturated rings. The van der Waals surface area contributed by atoms with Gasteiger partial charge in [-0.25, -0.2) is 4.99 Å². The number of nitrogens with one attached hydrogen (secondary N) is 2. The van der Waals surface area contributed by atoms with E-state index in [4.69, 9.17) is 9.73 Å². The second-order valence-electron chi connectivity index (χ2n) is 6.51. The number of hydrogen-bond donors (Lipinski definition) is 2. The molecule has 2 aromatic rings. The number of aryl methyl sites for hydroxylation is 1. The van der Waals surface area contributed by atoms with E-state index in [9.17, 15) is 0 Å². The molecule has 0 spiro atoms. The van der Waals surface area contributed by atoms with Gasteiger partial charge in [-0.3, -0.25) is 4.98 Å². The van der Waals surface area contributed by atoms with Crippen molar-refractivity contribution in [3.8, 4) is 5.75 Å². The van der Waals surface area contributed by atoms with Crippen molar-refractivity contribution < 1.29 is 4.74 Å². The third-order valence-electron chi connectivity index (χ3n) is 3.77. The Morgan fingerprint density at radius 3 is 2.70 bits per heavy atom. The van der Waals surface area contributed by atoms with Crippen LogP contribution in [0.2, 0.25) is 0 Å². The Morgan fingerprint density at radius 1 is 1.22 bits per heavy atom. The molecule has 0 aliphatic heterocycles. The van der Waals surface area contributed by atoms with Gasteiger partial charge < -0.3 is 15.4 Å². The summed E-state index contributed by atoms with van der Waals surface area (Å²) in [5.74, 6) is 1.72. The minimum Gasteiger partial charge on any atom is -0.491 e. The van der Waals surface area contributed by atoms with Crippen LogP contribution in [-0.2, 0) is 13.0 Å². The Kier molecular flexibility index (Phi) is 10.8. The van der Waals surface area contributed by atoms with Gasteiger partial charge >= 0.3 is 0 Å². The zero-order chi connectivity index (χ0) is 18.8. The molecule has 2 rings (SSSR count). The van der Waals surface area contributed by atoms with Crippen molar-refractivity contribution in [2.75, 3.05) is 13.1 Å². The average molecular weight is 482 g/mol. The molecule has 0 saturated heterocycles. The third kappa shape index (κ3) is 8.60. The van der Waals surface area contributed by atoms with E-state index in [1.54, 1.807) is 6.20 Å². The fraction of sp³-hybridized carbons (Fsp3) is 0.429. The summed E-state index contributed by atoms with van der Waals surface area (Å²) in [6, 6.07) is 10.3. The van der Waals surface area contributed by atoms with Gasteiger partial charge in [0.2, 0.25) is 0 Å². The molecule has 0 atom stereocenters. The summed E-state index contributed by atoms with van der Waals surface area (Å²) in [5, 5.41) is 6.67. The topological polar surface area (TPSA) is 58.5 Å². The number of ether oxygens (including phenoxy) is 1. The summed E-state index contributed by atoms with van der Waals surface area (Å²) < 4.78 is 5.94. The molecule has 0 amide bonds. The second kappa shape index (κ2) is 12.5. The van der Waals surface area contributed by atoms with E-state index in [0.717, 1.165) is 36.8 Å². The summed E-state index contributed by atoms with van der Waals surface area (Å²) in [7, 11) is 0. The van der Waals surface area contributed by atoms with Crippen LogP contribution in [0, 0.1) is 6.92 Å². The number of rotatable bonds is 8. The van der Waals surface area contributed by atoms with E-state index in [2.05, 4.69) is 53.7 Å². The van der Waals surface area contributed by atoms with Gasteiger partial charge in [-0.2, -0.15) is 0 Å². The number of aromatic nitrogens is 1. The molecule has 0 aliphatic carbocycles. The van der Waals surface area contributed by atoms with Gasteiger partial charge in [0.05, 0.1) is 12.6 Å². The van der Waals surface area contributed by atoms with Gasteiger partial charge in [0.1, 0.15) is 5.75 Å². The summed E-state index contributed by atoms with van der Waals surface area (Å²) in [4.78, 5) is 8.86. The molecule has 6 heteroatoms. The van der Waals surface area contributed by atoms with Gasteiger partial charge in [-0.05, 0) is 57.4 Å². The Balaban J connectivity index is 0.00000364. The molecule has 1 aromatic heterocycles. The largest absolute Gasteiger partial charge is 0.491 e. The quantitative estimate of drug-likeness (QED) is 0.338. The lowest BCUT2D eigenvalue weighted by Crippen LogP contribution is -2.38. The van der Waals surface area contributed by atoms with Crippen molar-refractivity contribution in [3.63, 3.8) is 0 Å². The van der Waals surface area contributed by atoms with Crippen molar-refractivity contribution in [1.29, 1.82) is 0 Å². The number of aliphatic imine (C=N–C) groups is 1. The summed E-state index contributed by atoms with van der Waals surface area (Å²) in [6.45, 7) is 10.4. The van der Waals surface area contributed by atoms with Crippen LogP contribution in [0.25, 0.3) is 0 Å². The highest BCUT2D eigenvalue weighted by atomic mass is 127. The highest BCUT2D eigenvalue weighted by Gasteiger charge is 2.07. The highest BCUT2D eigenvalue weighted by molar-refractivity contribution is 14.0. The standard InChI is InChI=1S/C21H30N4O.HI/c1-5-23-21(24-12-10-18-7-6-11-22-14-18)25-15-19-9-8-17(4)13-20(19)26-16(2)3;/h6-9,11,13-14,16H,5,10,12,15H2,1-4H3,(H2,23,24,25);1H. The Bertz CT molecular complexity index is 705. The van der Waals surface area contributed by atoms with Crippen molar-refractivity contribution in [2.24, 2.45) is 4.99 Å². The Morgan fingerprint density at radius 2 is 2.04 bits per heavy atom. The van der Waals surface area contributed by atoms with E-state index in [1.807, 2.05) is 26.1 Å². The van der Waals surface area contributed by atoms with Crippen LogP contribution in [0.1, 0.15) is 37.5 Å². The molecule has 2 N–H and O–H groups in total. The van der Waals surface area contributed by atoms with Crippen LogP contribution >= 0.6 is 24.0 Å². The minimum absolute atomic E-state index is 0. The maximum absolute atomic E-state index is 5.94. The van der Waals surface area contributed by atoms with Crippen LogP contribution in [0.4, 0.5) is 0 Å². The van der Waals surface area contributed by atoms with E-state index in [-0.39, 0.29) is 30.1 Å². The van der Waals surface area contributed by atoms with E-state index in [0.29, 0.717) is 6.54 Å². The molecule has 0 unspecified atom stereocenters. The fourth-order valence-electron chi connectivity index (χ4n) is 2.53. The number of nitrogens with zero attached hydrogens (tertiary/aromatic N) is 2. The molecular weight excluding hydrogens is 451 g/mol. The monoisotopic (exact) mass is 482 g/mol. The smallest absolute Gasteiger partial charge is 0.191 e. The number of pyridine rings is 1. The Hall–Kier alpha value is -1.83. The maximum atomic E-state index is 5.94. The lowest BCUT2D eigenvalue weighted by atomic mass is 10.1. The van der Waals surface area contributed by atoms with Crippen LogP contribution in [0.15, 0.2) is 47.7 Å². The lowest BCUT2D eigenvalue weighted by Gasteiger charge is -2.15. The number of hydrogen-bond acceptors (Lipinski definition) is 3. The van der Waals surface area contributed by atoms with Crippen molar-refractivity contribution in [1.82, 2.24) is 15.6 Å². The normalized spacial score (nSPS) is 11.1. The predicted molar refractivity (Wildman–Crippen MR) is 123 cm³/mol. The van der Waals surface area contributed by atoms with Gasteiger partial charge in [-0.1, -0.05) is 18.2 Å². The van der Waals surface area contributed by atoms with Gasteiger partial charge in [0.15, 0.2) is 5.96 Å². The summed E-state index contributed by atoms with van der Waals surface area (Å²) in [5.41, 5.74) is 3.49. The molecular formula is C21H31IN4O. The summed E-state index contributed by atoms with van der Waals surface area (Å²) >= 11 is 0. The SMILES string of the molecule is CCNC(=NCc1ccc(C)cc1OC(C)C)NCCc1cccnc1.I. The van der Waals surface area contributed by atoms with Gasteiger partial charge in [0.25, 0.3) is 0 Å². The molecule has 1 aromatic carbocycles. The van der Waals surface area contributed by atoms with E-state index in [1.165, 1.54) is 11.1 Å². The number of guanidine groups is 1. The molecule has 0 bridgehead atoms. The lowest BCUT2D eigenvalue weighted by molar-refractivity contribution is 0.240. The van der Waals surface area contributed by atoms with Crippen LogP contribution in [-0.4, -0.2) is 30.1 Å². The first-order chi connectivity index (χ1) is 12.6. The highest BCUT2D eigenvalue weighted by Crippen LogP contribution is 2.22. The molecule has 0 radical (unpaired) electrons. The first kappa shape index (κ1) is 23.2. The average Bonchev–Trinajstić information content (AvgIpc) is 2.61. The Labute approximate surface area is 180 Å². The molecule has 0 aliphatic rings. The molecule has 0 saturated carbocycles. The summed E-state index contributed by atoms with van der Waals surface area (Å²) in [6.07, 6.45) is 4.74. The van der Waals surface area contributed by atoms with Gasteiger partial charge in [-0.15, -0.1) is 24.0 Å². The van der Waals surface area contributed by atoms with Crippen LogP contribution in [0.3, 0.4) is 0 Å². The number of halogens is 1. The van der Waals surface area contributed by atoms with Crippen molar-refractivity contribution >= 4 is 29.9 Å². The van der Waals surface area contributed by atoms with E-state index >= 15 is 0 Å². The molecule has 148 valence electrons. The first-order valence-electron chi connectivity index (χ1n) is 9.25. The maximum Gasteiger partial charge on any atom is 0.191 e. The fourth-order valence-corrected chi connectivity index (χ4v) is 2.53. The molecule has 1 heterocycles.